The largest absolute Gasteiger partial charge is 0.392 e. The molecule has 0 amide bonds. The number of Topliss-reactive ketones (excluding diaryl/α,β-unsaturated/α-hetero) is 1. The molecule has 2 aliphatic rings. The Hall–Kier alpha value is -0.450. The molecule has 1 aliphatic heterocycles. The Balaban J connectivity index is 1.98. The molecule has 0 aromatic heterocycles. The number of carbonyl (C=O) groups is 1. The van der Waals surface area contributed by atoms with E-state index in [1.807, 2.05) is 0 Å². The summed E-state index contributed by atoms with van der Waals surface area (Å²) in [5.74, 6) is 0.395. The van der Waals surface area contributed by atoms with Gasteiger partial charge >= 0.3 is 0 Å². The van der Waals surface area contributed by atoms with Gasteiger partial charge in [0.1, 0.15) is 5.78 Å². The van der Waals surface area contributed by atoms with Crippen molar-refractivity contribution in [1.82, 2.24) is 9.80 Å². The number of β-amino-alcohol motifs (C(OH)–C–C–N with tert-alkyl or cyclic N) is 1. The van der Waals surface area contributed by atoms with Crippen molar-refractivity contribution < 1.29 is 9.90 Å². The van der Waals surface area contributed by atoms with Gasteiger partial charge in [0.2, 0.25) is 0 Å². The number of nitrogens with zero attached hydrogens (tertiary/aromatic N) is 2. The predicted octanol–water partition coefficient (Wildman–Crippen LogP) is 0.495. The van der Waals surface area contributed by atoms with Crippen molar-refractivity contribution in [2.45, 2.75) is 50.3 Å². The van der Waals surface area contributed by atoms with Gasteiger partial charge in [0.05, 0.1) is 6.10 Å². The lowest BCUT2D eigenvalue weighted by Crippen LogP contribution is -2.46. The normalized spacial score (nSPS) is 35.8. The van der Waals surface area contributed by atoms with Crippen LogP contribution in [0.25, 0.3) is 0 Å². The molecule has 0 aromatic carbocycles. The van der Waals surface area contributed by atoms with E-state index >= 15 is 0 Å². The van der Waals surface area contributed by atoms with Gasteiger partial charge in [-0.1, -0.05) is 0 Å². The molecule has 0 spiro atoms. The second-order valence-electron chi connectivity index (χ2n) is 5.79. The third-order valence-corrected chi connectivity index (χ3v) is 3.94. The van der Waals surface area contributed by atoms with E-state index in [1.54, 1.807) is 0 Å². The molecule has 17 heavy (non-hydrogen) atoms. The Morgan fingerprint density at radius 1 is 1.47 bits per heavy atom. The molecule has 0 aromatic rings. The molecule has 4 nitrogen and oxygen atoms in total. The van der Waals surface area contributed by atoms with Crippen molar-refractivity contribution in [1.29, 1.82) is 0 Å². The standard InChI is InChI=1S/C13H24N2O2/c1-14(2)8-11-7-13(17)9-15(11)10-4-3-5-12(16)6-10/h10-11,13,17H,3-9H2,1-2H3. The number of likely N-dealkylation sites (tertiary alicyclic amines) is 1. The molecule has 3 unspecified atom stereocenters. The maximum Gasteiger partial charge on any atom is 0.134 e. The van der Waals surface area contributed by atoms with Crippen LogP contribution in [-0.2, 0) is 4.79 Å². The zero-order valence-corrected chi connectivity index (χ0v) is 10.9. The van der Waals surface area contributed by atoms with Gasteiger partial charge in [0, 0.05) is 38.0 Å². The van der Waals surface area contributed by atoms with Crippen LogP contribution in [-0.4, -0.2) is 66.1 Å². The van der Waals surface area contributed by atoms with Crippen molar-refractivity contribution >= 4 is 5.78 Å². The highest BCUT2D eigenvalue weighted by molar-refractivity contribution is 5.79. The van der Waals surface area contributed by atoms with E-state index in [0.29, 0.717) is 24.3 Å². The van der Waals surface area contributed by atoms with Crippen LogP contribution in [0.5, 0.6) is 0 Å². The minimum Gasteiger partial charge on any atom is -0.392 e. The first-order valence-corrected chi connectivity index (χ1v) is 6.66. The van der Waals surface area contributed by atoms with Crippen LogP contribution >= 0.6 is 0 Å². The fourth-order valence-corrected chi connectivity index (χ4v) is 3.25. The molecule has 1 saturated carbocycles. The Morgan fingerprint density at radius 3 is 2.88 bits per heavy atom. The third-order valence-electron chi connectivity index (χ3n) is 3.94. The maximum absolute atomic E-state index is 11.5. The fourth-order valence-electron chi connectivity index (χ4n) is 3.25. The highest BCUT2D eigenvalue weighted by Gasteiger charge is 2.37. The molecule has 2 fully saturated rings. The highest BCUT2D eigenvalue weighted by Crippen LogP contribution is 2.28. The summed E-state index contributed by atoms with van der Waals surface area (Å²) < 4.78 is 0. The first-order valence-electron chi connectivity index (χ1n) is 6.66. The van der Waals surface area contributed by atoms with E-state index in [2.05, 4.69) is 23.9 Å². The first kappa shape index (κ1) is 13.0. The molecule has 1 N–H and O–H groups in total. The zero-order chi connectivity index (χ0) is 12.4. The number of hydrogen-bond donors (Lipinski definition) is 1. The molecular formula is C13H24N2O2. The Kier molecular flexibility index (Phi) is 4.17. The predicted molar refractivity (Wildman–Crippen MR) is 66.9 cm³/mol. The Morgan fingerprint density at radius 2 is 2.24 bits per heavy atom. The van der Waals surface area contributed by atoms with E-state index in [1.165, 1.54) is 0 Å². The van der Waals surface area contributed by atoms with E-state index in [4.69, 9.17) is 0 Å². The molecule has 0 radical (unpaired) electrons. The van der Waals surface area contributed by atoms with Crippen molar-refractivity contribution in [2.24, 2.45) is 0 Å². The molecule has 2 rings (SSSR count). The van der Waals surface area contributed by atoms with Gasteiger partial charge in [-0.2, -0.15) is 0 Å². The second-order valence-corrected chi connectivity index (χ2v) is 5.79. The number of likely N-dealkylation sites (N-methyl/N-ethyl adjacent to an activating group) is 1. The molecule has 1 saturated heterocycles. The monoisotopic (exact) mass is 240 g/mol. The number of rotatable bonds is 3. The number of hydrogen-bond acceptors (Lipinski definition) is 4. The van der Waals surface area contributed by atoms with Gasteiger partial charge in [-0.3, -0.25) is 9.69 Å². The average molecular weight is 240 g/mol. The lowest BCUT2D eigenvalue weighted by atomic mass is 9.92. The van der Waals surface area contributed by atoms with E-state index in [0.717, 1.165) is 38.8 Å². The van der Waals surface area contributed by atoms with Crippen LogP contribution < -0.4 is 0 Å². The van der Waals surface area contributed by atoms with E-state index in [9.17, 15) is 9.90 Å². The third kappa shape index (κ3) is 3.27. The number of aliphatic hydroxyl groups excluding tert-OH is 1. The summed E-state index contributed by atoms with van der Waals surface area (Å²) in [6, 6.07) is 0.786. The summed E-state index contributed by atoms with van der Waals surface area (Å²) in [5.41, 5.74) is 0. The van der Waals surface area contributed by atoms with Crippen LogP contribution in [0.1, 0.15) is 32.1 Å². The highest BCUT2D eigenvalue weighted by atomic mass is 16.3. The average Bonchev–Trinajstić information content (AvgIpc) is 2.58. The summed E-state index contributed by atoms with van der Waals surface area (Å²) in [6.07, 6.45) is 4.22. The van der Waals surface area contributed by atoms with Crippen LogP contribution in [0.4, 0.5) is 0 Å². The summed E-state index contributed by atoms with van der Waals surface area (Å²) in [7, 11) is 4.13. The Bertz CT molecular complexity index is 281. The van der Waals surface area contributed by atoms with Crippen LogP contribution in [0, 0.1) is 0 Å². The van der Waals surface area contributed by atoms with Gasteiger partial charge in [-0.25, -0.2) is 0 Å². The second kappa shape index (κ2) is 5.46. The van der Waals surface area contributed by atoms with Crippen LogP contribution in [0.3, 0.4) is 0 Å². The van der Waals surface area contributed by atoms with Gasteiger partial charge in [-0.15, -0.1) is 0 Å². The number of ketones is 1. The van der Waals surface area contributed by atoms with E-state index in [-0.39, 0.29) is 6.10 Å². The number of aliphatic hydroxyl groups is 1. The quantitative estimate of drug-likeness (QED) is 0.780. The smallest absolute Gasteiger partial charge is 0.134 e. The van der Waals surface area contributed by atoms with Crippen molar-refractivity contribution in [3.8, 4) is 0 Å². The maximum atomic E-state index is 11.5. The molecule has 1 heterocycles. The van der Waals surface area contributed by atoms with E-state index < -0.39 is 0 Å². The molecule has 3 atom stereocenters. The summed E-state index contributed by atoms with van der Waals surface area (Å²) in [6.45, 7) is 1.72. The molecule has 4 heteroatoms. The lowest BCUT2D eigenvalue weighted by Gasteiger charge is -2.35. The van der Waals surface area contributed by atoms with Crippen molar-refractivity contribution in [2.75, 3.05) is 27.2 Å². The molecular weight excluding hydrogens is 216 g/mol. The van der Waals surface area contributed by atoms with Gasteiger partial charge in [-0.05, 0) is 33.4 Å². The molecule has 0 bridgehead atoms. The summed E-state index contributed by atoms with van der Waals surface area (Å²) in [4.78, 5) is 16.1. The molecule has 98 valence electrons. The van der Waals surface area contributed by atoms with Crippen LogP contribution in [0.15, 0.2) is 0 Å². The van der Waals surface area contributed by atoms with Gasteiger partial charge in [0.15, 0.2) is 0 Å². The molecule has 1 aliphatic carbocycles. The topological polar surface area (TPSA) is 43.8 Å². The van der Waals surface area contributed by atoms with Crippen molar-refractivity contribution in [3.63, 3.8) is 0 Å². The fraction of sp³-hybridized carbons (Fsp3) is 0.923. The minimum atomic E-state index is -0.211. The van der Waals surface area contributed by atoms with Crippen LogP contribution in [0.2, 0.25) is 0 Å². The number of carbonyl (C=O) groups excluding carboxylic acids is 1. The van der Waals surface area contributed by atoms with Crippen molar-refractivity contribution in [3.05, 3.63) is 0 Å². The van der Waals surface area contributed by atoms with Gasteiger partial charge in [0.25, 0.3) is 0 Å². The first-order chi connectivity index (χ1) is 8.06. The SMILES string of the molecule is CN(C)CC1CC(O)CN1C1CCCC(=O)C1. The summed E-state index contributed by atoms with van der Waals surface area (Å²) in [5, 5.41) is 9.83. The minimum absolute atomic E-state index is 0.211. The lowest BCUT2D eigenvalue weighted by molar-refractivity contribution is -0.122. The zero-order valence-electron chi connectivity index (χ0n) is 10.9. The van der Waals surface area contributed by atoms with Gasteiger partial charge < -0.3 is 10.0 Å². The summed E-state index contributed by atoms with van der Waals surface area (Å²) >= 11 is 0. The Labute approximate surface area is 104 Å².